The summed E-state index contributed by atoms with van der Waals surface area (Å²) in [4.78, 5) is 28.3. The monoisotopic (exact) mass is 252 g/mol. The molecule has 0 radical (unpaired) electrons. The number of hydrogen-bond donors (Lipinski definition) is 0. The van der Waals surface area contributed by atoms with Crippen molar-refractivity contribution in [2.24, 2.45) is 4.99 Å². The maximum absolute atomic E-state index is 13.5. The molecule has 0 fully saturated rings. The van der Waals surface area contributed by atoms with Crippen LogP contribution in [0.25, 0.3) is 0 Å². The van der Waals surface area contributed by atoms with Gasteiger partial charge in [-0.05, 0) is 12.1 Å². The Labute approximate surface area is 104 Å². The van der Waals surface area contributed by atoms with E-state index in [4.69, 9.17) is 0 Å². The van der Waals surface area contributed by atoms with Gasteiger partial charge in [-0.3, -0.25) is 4.79 Å². The lowest BCUT2D eigenvalue weighted by molar-refractivity contribution is 0.0591. The molecule has 0 spiro atoms. The summed E-state index contributed by atoms with van der Waals surface area (Å²) in [5.41, 5.74) is -0.527. The van der Waals surface area contributed by atoms with Gasteiger partial charge in [-0.2, -0.15) is 4.99 Å². The second-order valence-electron chi connectivity index (χ2n) is 3.67. The van der Waals surface area contributed by atoms with Gasteiger partial charge in [0, 0.05) is 14.1 Å². The summed E-state index contributed by atoms with van der Waals surface area (Å²) >= 11 is 0. The molecule has 0 N–H and O–H groups in total. The molecule has 5 nitrogen and oxygen atoms in total. The molecule has 0 aliphatic carbocycles. The Morgan fingerprint density at radius 3 is 2.61 bits per heavy atom. The van der Waals surface area contributed by atoms with Crippen LogP contribution in [0, 0.1) is 5.82 Å². The van der Waals surface area contributed by atoms with Crippen LogP contribution in [0.2, 0.25) is 0 Å². The molecule has 1 amide bonds. The summed E-state index contributed by atoms with van der Waals surface area (Å²) in [6.07, 6.45) is 1.27. The number of aliphatic imine (C=N–C) groups is 1. The van der Waals surface area contributed by atoms with E-state index in [-0.39, 0.29) is 5.56 Å². The maximum atomic E-state index is 13.5. The van der Waals surface area contributed by atoms with Crippen LogP contribution >= 0.6 is 0 Å². The van der Waals surface area contributed by atoms with Crippen LogP contribution in [0.15, 0.2) is 23.2 Å². The fraction of sp³-hybridized carbons (Fsp3) is 0.250. The van der Waals surface area contributed by atoms with Crippen LogP contribution in [-0.2, 0) is 4.74 Å². The highest BCUT2D eigenvalue weighted by atomic mass is 19.1. The highest BCUT2D eigenvalue weighted by Gasteiger charge is 2.21. The molecule has 0 aliphatic heterocycles. The zero-order valence-corrected chi connectivity index (χ0v) is 10.3. The van der Waals surface area contributed by atoms with Crippen molar-refractivity contribution in [2.75, 3.05) is 21.2 Å². The van der Waals surface area contributed by atoms with E-state index < -0.39 is 23.3 Å². The number of esters is 1. The number of carbonyl (C=O) groups excluding carboxylic acids is 2. The first-order valence-corrected chi connectivity index (χ1v) is 5.09. The van der Waals surface area contributed by atoms with Gasteiger partial charge in [0.25, 0.3) is 5.91 Å². The topological polar surface area (TPSA) is 59.0 Å². The number of halogens is 1. The Morgan fingerprint density at radius 2 is 2.06 bits per heavy atom. The van der Waals surface area contributed by atoms with E-state index in [2.05, 4.69) is 9.73 Å². The Morgan fingerprint density at radius 1 is 1.39 bits per heavy atom. The number of ether oxygens (including phenoxy) is 1. The van der Waals surface area contributed by atoms with Gasteiger partial charge in [0.05, 0.1) is 19.0 Å². The molecular formula is C12H13FN2O3. The lowest BCUT2D eigenvalue weighted by Crippen LogP contribution is -2.14. The number of carbonyl (C=O) groups is 2. The summed E-state index contributed by atoms with van der Waals surface area (Å²) in [5, 5.41) is 0. The molecule has 0 heterocycles. The first-order valence-electron chi connectivity index (χ1n) is 5.09. The van der Waals surface area contributed by atoms with Gasteiger partial charge >= 0.3 is 5.97 Å². The van der Waals surface area contributed by atoms with Crippen LogP contribution < -0.4 is 0 Å². The van der Waals surface area contributed by atoms with Crippen molar-refractivity contribution in [3.05, 3.63) is 35.1 Å². The van der Waals surface area contributed by atoms with Gasteiger partial charge in [-0.1, -0.05) is 6.07 Å². The predicted molar refractivity (Wildman–Crippen MR) is 64.2 cm³/mol. The van der Waals surface area contributed by atoms with E-state index in [0.717, 1.165) is 13.2 Å². The third kappa shape index (κ3) is 3.13. The van der Waals surface area contributed by atoms with Crippen LogP contribution in [0.1, 0.15) is 20.7 Å². The molecule has 0 saturated heterocycles. The average molecular weight is 252 g/mol. The molecular weight excluding hydrogens is 239 g/mol. The first kappa shape index (κ1) is 13.8. The molecule has 1 aromatic carbocycles. The van der Waals surface area contributed by atoms with Crippen molar-refractivity contribution in [1.82, 2.24) is 4.90 Å². The van der Waals surface area contributed by atoms with Gasteiger partial charge < -0.3 is 9.64 Å². The van der Waals surface area contributed by atoms with Crippen LogP contribution in [0.5, 0.6) is 0 Å². The molecule has 1 rings (SSSR count). The number of hydrogen-bond acceptors (Lipinski definition) is 3. The first-order chi connectivity index (χ1) is 8.47. The standard InChI is InChI=1S/C12H13FN2O3/c1-15(2)7-14-11(16)8-5-4-6-9(13)10(8)12(17)18-3/h4-7H,1-3H3/b14-7+. The molecule has 0 atom stereocenters. The number of amides is 1. The van der Waals surface area contributed by atoms with E-state index in [9.17, 15) is 14.0 Å². The van der Waals surface area contributed by atoms with Gasteiger partial charge in [0.1, 0.15) is 11.4 Å². The average Bonchev–Trinajstić information content (AvgIpc) is 2.34. The molecule has 0 aliphatic rings. The fourth-order valence-corrected chi connectivity index (χ4v) is 1.25. The Balaban J connectivity index is 3.20. The van der Waals surface area contributed by atoms with E-state index in [1.165, 1.54) is 18.5 Å². The maximum Gasteiger partial charge on any atom is 0.341 e. The smallest absolute Gasteiger partial charge is 0.341 e. The van der Waals surface area contributed by atoms with E-state index in [0.29, 0.717) is 0 Å². The summed E-state index contributed by atoms with van der Waals surface area (Å²) in [6, 6.07) is 3.74. The molecule has 6 heteroatoms. The highest BCUT2D eigenvalue weighted by molar-refractivity contribution is 6.07. The van der Waals surface area contributed by atoms with E-state index in [1.54, 1.807) is 19.0 Å². The van der Waals surface area contributed by atoms with Crippen molar-refractivity contribution in [1.29, 1.82) is 0 Å². The van der Waals surface area contributed by atoms with Crippen molar-refractivity contribution in [2.45, 2.75) is 0 Å². The third-order valence-corrected chi connectivity index (χ3v) is 2.04. The zero-order valence-electron chi connectivity index (χ0n) is 10.3. The highest BCUT2D eigenvalue weighted by Crippen LogP contribution is 2.15. The number of benzene rings is 1. The summed E-state index contributed by atoms with van der Waals surface area (Å²) < 4.78 is 18.0. The van der Waals surface area contributed by atoms with Crippen molar-refractivity contribution in [3.63, 3.8) is 0 Å². The van der Waals surface area contributed by atoms with Gasteiger partial charge in [-0.25, -0.2) is 9.18 Å². The summed E-state index contributed by atoms with van der Waals surface area (Å²) in [7, 11) is 4.49. The normalized spacial score (nSPS) is 10.4. The number of rotatable bonds is 3. The largest absolute Gasteiger partial charge is 0.465 e. The number of methoxy groups -OCH3 is 1. The van der Waals surface area contributed by atoms with Crippen LogP contribution in [0.4, 0.5) is 4.39 Å². The molecule has 18 heavy (non-hydrogen) atoms. The van der Waals surface area contributed by atoms with Gasteiger partial charge in [0.2, 0.25) is 0 Å². The van der Waals surface area contributed by atoms with Gasteiger partial charge in [-0.15, -0.1) is 0 Å². The van der Waals surface area contributed by atoms with Crippen LogP contribution in [0.3, 0.4) is 0 Å². The van der Waals surface area contributed by atoms with Crippen LogP contribution in [-0.4, -0.2) is 44.3 Å². The molecule has 0 bridgehead atoms. The van der Waals surface area contributed by atoms with Crippen molar-refractivity contribution < 1.29 is 18.7 Å². The second kappa shape index (κ2) is 5.90. The Hall–Kier alpha value is -2.24. The zero-order chi connectivity index (χ0) is 13.7. The molecule has 0 aromatic heterocycles. The van der Waals surface area contributed by atoms with Gasteiger partial charge in [0.15, 0.2) is 0 Å². The molecule has 0 unspecified atom stereocenters. The molecule has 96 valence electrons. The number of nitrogens with zero attached hydrogens (tertiary/aromatic N) is 2. The lowest BCUT2D eigenvalue weighted by atomic mass is 10.1. The van der Waals surface area contributed by atoms with E-state index >= 15 is 0 Å². The fourth-order valence-electron chi connectivity index (χ4n) is 1.25. The SMILES string of the molecule is COC(=O)c1c(F)cccc1C(=O)/N=C/N(C)C. The second-order valence-corrected chi connectivity index (χ2v) is 3.67. The predicted octanol–water partition coefficient (Wildman–Crippen LogP) is 1.34. The van der Waals surface area contributed by atoms with Crippen molar-refractivity contribution >= 4 is 18.2 Å². The minimum absolute atomic E-state index is 0.125. The molecule has 0 saturated carbocycles. The quantitative estimate of drug-likeness (QED) is 0.463. The van der Waals surface area contributed by atoms with E-state index in [1.807, 2.05) is 0 Å². The minimum atomic E-state index is -0.906. The summed E-state index contributed by atoms with van der Waals surface area (Å²) in [5.74, 6) is -2.42. The molecule has 1 aromatic rings. The Bertz CT molecular complexity index is 498. The third-order valence-electron chi connectivity index (χ3n) is 2.04. The minimum Gasteiger partial charge on any atom is -0.465 e. The Kier molecular flexibility index (Phi) is 4.53. The van der Waals surface area contributed by atoms with Crippen molar-refractivity contribution in [3.8, 4) is 0 Å². The lowest BCUT2D eigenvalue weighted by Gasteiger charge is -2.06. The summed E-state index contributed by atoms with van der Waals surface area (Å²) in [6.45, 7) is 0.